The summed E-state index contributed by atoms with van der Waals surface area (Å²) in [5.74, 6) is -0.312. The predicted molar refractivity (Wildman–Crippen MR) is 113 cm³/mol. The van der Waals surface area contributed by atoms with Crippen molar-refractivity contribution in [1.82, 2.24) is 0 Å². The van der Waals surface area contributed by atoms with Crippen LogP contribution in [0.15, 0.2) is 0 Å². The van der Waals surface area contributed by atoms with Crippen molar-refractivity contribution in [3.8, 4) is 0 Å². The molecule has 0 spiro atoms. The second-order valence-corrected chi connectivity index (χ2v) is 11.0. The lowest BCUT2D eigenvalue weighted by Gasteiger charge is -2.49. The Labute approximate surface area is 185 Å². The molecule has 0 radical (unpaired) electrons. The number of halogens is 7. The van der Waals surface area contributed by atoms with Gasteiger partial charge in [-0.25, -0.2) is 4.57 Å². The molecule has 0 aromatic carbocycles. The minimum atomic E-state index is -4.82. The average Bonchev–Trinajstić information content (AvgIpc) is 2.50. The molecular formula is C11H18Br4Cl3O4P. The first kappa shape index (κ1) is 25.9. The molecular weight excluding hydrogens is 653 g/mol. The highest BCUT2D eigenvalue weighted by Gasteiger charge is 2.55. The zero-order valence-corrected chi connectivity index (χ0v) is 21.4. The molecule has 0 heterocycles. The third kappa shape index (κ3) is 7.81. The van der Waals surface area contributed by atoms with Crippen molar-refractivity contribution >= 4 is 106 Å². The Kier molecular flexibility index (Phi) is 13.1. The summed E-state index contributed by atoms with van der Waals surface area (Å²) in [7, 11) is -4.82. The highest BCUT2D eigenvalue weighted by molar-refractivity contribution is 9.12. The van der Waals surface area contributed by atoms with Crippen LogP contribution < -0.4 is 0 Å². The lowest BCUT2D eigenvalue weighted by atomic mass is 9.69. The van der Waals surface area contributed by atoms with Crippen molar-refractivity contribution in [2.24, 2.45) is 5.41 Å². The molecule has 2 N–H and O–H groups in total. The van der Waals surface area contributed by atoms with Gasteiger partial charge < -0.3 is 9.79 Å². The Balaban J connectivity index is 6.02. The van der Waals surface area contributed by atoms with Crippen molar-refractivity contribution in [3.63, 3.8) is 0 Å². The zero-order valence-electron chi connectivity index (χ0n) is 11.9. The van der Waals surface area contributed by atoms with Gasteiger partial charge in [-0.15, -0.1) is 34.8 Å². The van der Waals surface area contributed by atoms with E-state index < -0.39 is 18.8 Å². The van der Waals surface area contributed by atoms with E-state index in [1.54, 1.807) is 0 Å². The number of phosphoric acid groups is 1. The molecule has 0 aromatic heterocycles. The molecule has 2 atom stereocenters. The molecule has 0 aliphatic rings. The second kappa shape index (κ2) is 11.7. The Morgan fingerprint density at radius 2 is 1.35 bits per heavy atom. The van der Waals surface area contributed by atoms with Crippen molar-refractivity contribution in [1.29, 1.82) is 0 Å². The van der Waals surface area contributed by atoms with E-state index in [0.717, 1.165) is 0 Å². The van der Waals surface area contributed by atoms with Crippen LogP contribution in [0.4, 0.5) is 0 Å². The predicted octanol–water partition coefficient (Wildman–Crippen LogP) is 5.63. The molecule has 23 heavy (non-hydrogen) atoms. The molecule has 12 heteroatoms. The first-order chi connectivity index (χ1) is 10.5. The Morgan fingerprint density at radius 1 is 0.957 bits per heavy atom. The molecule has 0 amide bonds. The fourth-order valence-electron chi connectivity index (χ4n) is 2.34. The highest BCUT2D eigenvalue weighted by Crippen LogP contribution is 2.54. The molecule has 0 aliphatic carbocycles. The molecule has 2 unspecified atom stereocenters. The van der Waals surface area contributed by atoms with Gasteiger partial charge in [0.15, 0.2) is 0 Å². The fourth-order valence-corrected chi connectivity index (χ4v) is 6.39. The van der Waals surface area contributed by atoms with E-state index in [0.29, 0.717) is 23.5 Å². The molecule has 4 nitrogen and oxygen atoms in total. The minimum Gasteiger partial charge on any atom is -0.303 e. The summed E-state index contributed by atoms with van der Waals surface area (Å²) in [4.78, 5) is 18.7. The maximum atomic E-state index is 11.5. The monoisotopic (exact) mass is 666 g/mol. The van der Waals surface area contributed by atoms with Crippen LogP contribution in [0, 0.1) is 5.41 Å². The summed E-state index contributed by atoms with van der Waals surface area (Å²) in [6.45, 7) is 0. The molecule has 0 aliphatic heterocycles. The second-order valence-electron chi connectivity index (χ2n) is 5.17. The molecule has 0 aromatic rings. The van der Waals surface area contributed by atoms with Gasteiger partial charge >= 0.3 is 7.82 Å². The first-order valence-electron chi connectivity index (χ1n) is 6.39. The van der Waals surface area contributed by atoms with Gasteiger partial charge in [-0.1, -0.05) is 63.7 Å². The maximum absolute atomic E-state index is 11.5. The van der Waals surface area contributed by atoms with E-state index in [1.165, 1.54) is 0 Å². The molecule has 140 valence electrons. The summed E-state index contributed by atoms with van der Waals surface area (Å²) < 4.78 is 16.6. The van der Waals surface area contributed by atoms with E-state index in [9.17, 15) is 14.4 Å². The van der Waals surface area contributed by atoms with Crippen molar-refractivity contribution in [2.45, 2.75) is 28.1 Å². The topological polar surface area (TPSA) is 66.8 Å². The minimum absolute atomic E-state index is 0.00227. The molecule has 0 saturated carbocycles. The van der Waals surface area contributed by atoms with Crippen LogP contribution >= 0.6 is 106 Å². The van der Waals surface area contributed by atoms with Crippen LogP contribution in [-0.2, 0) is 9.09 Å². The molecule has 0 rings (SSSR count). The highest BCUT2D eigenvalue weighted by atomic mass is 79.9. The smallest absolute Gasteiger partial charge is 0.303 e. The number of alkyl halides is 7. The van der Waals surface area contributed by atoms with Crippen LogP contribution in [0.3, 0.4) is 0 Å². The summed E-state index contributed by atoms with van der Waals surface area (Å²) in [5, 5.41) is 1.26. The standard InChI is InChI=1S/C11H18Br4Cl3O4P/c12-3-8(14)1-10(5-16,2-9(15)4-13)11(6-17,7-18)22-23(19,20)21/h8-9H,1-7H2,(H2,19,20,21). The van der Waals surface area contributed by atoms with Crippen LogP contribution in [0.1, 0.15) is 12.8 Å². The van der Waals surface area contributed by atoms with Gasteiger partial charge in [0.25, 0.3) is 0 Å². The van der Waals surface area contributed by atoms with Gasteiger partial charge in [0, 0.05) is 31.6 Å². The third-order valence-electron chi connectivity index (χ3n) is 3.51. The summed E-state index contributed by atoms with van der Waals surface area (Å²) in [6.07, 6.45) is 0.937. The van der Waals surface area contributed by atoms with E-state index in [2.05, 4.69) is 63.7 Å². The maximum Gasteiger partial charge on any atom is 0.470 e. The molecule has 0 saturated heterocycles. The van der Waals surface area contributed by atoms with Crippen LogP contribution in [0.2, 0.25) is 0 Å². The van der Waals surface area contributed by atoms with E-state index >= 15 is 0 Å². The van der Waals surface area contributed by atoms with E-state index in [1.807, 2.05) is 0 Å². The largest absolute Gasteiger partial charge is 0.470 e. The van der Waals surface area contributed by atoms with E-state index in [-0.39, 0.29) is 27.3 Å². The lowest BCUT2D eigenvalue weighted by Crippen LogP contribution is -2.56. The van der Waals surface area contributed by atoms with Crippen molar-refractivity contribution in [2.75, 3.05) is 28.3 Å². The Hall–Kier alpha value is 2.90. The first-order valence-corrected chi connectivity index (χ1v) is 13.6. The zero-order chi connectivity index (χ0) is 18.3. The third-order valence-corrected chi connectivity index (χ3v) is 10.1. The molecule has 0 fully saturated rings. The van der Waals surface area contributed by atoms with Gasteiger partial charge in [0.1, 0.15) is 5.60 Å². The Morgan fingerprint density at radius 3 is 1.57 bits per heavy atom. The van der Waals surface area contributed by atoms with Gasteiger partial charge in [-0.2, -0.15) is 0 Å². The quantitative estimate of drug-likeness (QED) is 0.209. The molecule has 0 bridgehead atoms. The van der Waals surface area contributed by atoms with Gasteiger partial charge in [0.05, 0.1) is 11.8 Å². The number of phosphoric ester groups is 1. The van der Waals surface area contributed by atoms with E-state index in [4.69, 9.17) is 39.3 Å². The van der Waals surface area contributed by atoms with Gasteiger partial charge in [-0.3, -0.25) is 4.52 Å². The van der Waals surface area contributed by atoms with Crippen molar-refractivity contribution in [3.05, 3.63) is 0 Å². The van der Waals surface area contributed by atoms with Gasteiger partial charge in [0.2, 0.25) is 0 Å². The summed E-state index contributed by atoms with van der Waals surface area (Å²) >= 11 is 32.3. The van der Waals surface area contributed by atoms with Crippen molar-refractivity contribution < 1.29 is 18.9 Å². The number of hydrogen-bond donors (Lipinski definition) is 2. The number of rotatable bonds is 12. The normalized spacial score (nSPS) is 18.5. The summed E-state index contributed by atoms with van der Waals surface area (Å²) in [6, 6.07) is 0. The van der Waals surface area contributed by atoms with Crippen LogP contribution in [-0.4, -0.2) is 53.3 Å². The van der Waals surface area contributed by atoms with Crippen LogP contribution in [0.5, 0.6) is 0 Å². The number of hydrogen-bond acceptors (Lipinski definition) is 2. The fraction of sp³-hybridized carbons (Fsp3) is 1.00. The average molecular weight is 671 g/mol. The SMILES string of the molecule is O=P(O)(O)OC(CCl)(CCl)C(CCl)(CC(Br)CBr)CC(Br)CBr. The lowest BCUT2D eigenvalue weighted by molar-refractivity contribution is -0.0415. The van der Waals surface area contributed by atoms with Gasteiger partial charge in [-0.05, 0) is 12.8 Å². The summed E-state index contributed by atoms with van der Waals surface area (Å²) in [5.41, 5.74) is -2.33. The Bertz CT molecular complexity index is 385. The van der Waals surface area contributed by atoms with Crippen LogP contribution in [0.25, 0.3) is 0 Å².